The molecule has 0 unspecified atom stereocenters. The van der Waals surface area contributed by atoms with Gasteiger partial charge in [-0.3, -0.25) is 9.59 Å². The SMILES string of the molecule is Cc1cccc(N2C(=O)C(c3ccc(OCC(C)C)cc3)=C(N3CCC(C)CC3)C2=O)c1C. The van der Waals surface area contributed by atoms with Crippen LogP contribution in [0.5, 0.6) is 5.75 Å². The van der Waals surface area contributed by atoms with E-state index in [0.29, 0.717) is 35.4 Å². The van der Waals surface area contributed by atoms with E-state index >= 15 is 0 Å². The molecule has 5 nitrogen and oxygen atoms in total. The Bertz CT molecular complexity index is 1080. The number of aryl methyl sites for hydroxylation is 1. The van der Waals surface area contributed by atoms with Gasteiger partial charge >= 0.3 is 0 Å². The van der Waals surface area contributed by atoms with E-state index in [1.54, 1.807) is 0 Å². The van der Waals surface area contributed by atoms with Crippen LogP contribution in [0.1, 0.15) is 50.3 Å². The fourth-order valence-electron chi connectivity index (χ4n) is 4.48. The molecule has 4 rings (SSSR count). The molecule has 0 radical (unpaired) electrons. The second kappa shape index (κ2) is 9.42. The number of piperidine rings is 1. The van der Waals surface area contributed by atoms with E-state index in [1.165, 1.54) is 4.90 Å². The van der Waals surface area contributed by atoms with E-state index in [1.807, 2.05) is 56.3 Å². The van der Waals surface area contributed by atoms with Crippen LogP contribution in [0.4, 0.5) is 5.69 Å². The van der Waals surface area contributed by atoms with Crippen LogP contribution in [0.3, 0.4) is 0 Å². The average Bonchev–Trinajstić information content (AvgIpc) is 3.05. The van der Waals surface area contributed by atoms with Crippen LogP contribution in [0.25, 0.3) is 5.57 Å². The number of rotatable bonds is 6. The van der Waals surface area contributed by atoms with Crippen molar-refractivity contribution in [1.29, 1.82) is 0 Å². The maximum absolute atomic E-state index is 13.8. The smallest absolute Gasteiger partial charge is 0.282 e. The molecule has 0 spiro atoms. The maximum Gasteiger partial charge on any atom is 0.282 e. The normalized spacial score (nSPS) is 17.5. The molecule has 0 aliphatic carbocycles. The van der Waals surface area contributed by atoms with Crippen LogP contribution in [0.2, 0.25) is 0 Å². The number of ether oxygens (including phenoxy) is 1. The van der Waals surface area contributed by atoms with Crippen molar-refractivity contribution in [2.45, 2.75) is 47.5 Å². The molecule has 2 aromatic rings. The summed E-state index contributed by atoms with van der Waals surface area (Å²) in [4.78, 5) is 31.0. The molecule has 2 aromatic carbocycles. The molecule has 33 heavy (non-hydrogen) atoms. The van der Waals surface area contributed by atoms with E-state index in [0.717, 1.165) is 48.4 Å². The lowest BCUT2D eigenvalue weighted by molar-refractivity contribution is -0.120. The van der Waals surface area contributed by atoms with Gasteiger partial charge < -0.3 is 9.64 Å². The molecular weight excluding hydrogens is 412 g/mol. The van der Waals surface area contributed by atoms with Crippen molar-refractivity contribution in [1.82, 2.24) is 4.90 Å². The fourth-order valence-corrected chi connectivity index (χ4v) is 4.48. The summed E-state index contributed by atoms with van der Waals surface area (Å²) in [5.41, 5.74) is 4.45. The summed E-state index contributed by atoms with van der Waals surface area (Å²) in [6.07, 6.45) is 2.04. The van der Waals surface area contributed by atoms with Gasteiger partial charge in [0.15, 0.2) is 0 Å². The number of likely N-dealkylation sites (tertiary alicyclic amines) is 1. The number of carbonyl (C=O) groups is 2. The zero-order valence-corrected chi connectivity index (χ0v) is 20.4. The number of imide groups is 1. The highest BCUT2D eigenvalue weighted by atomic mass is 16.5. The molecule has 5 heteroatoms. The second-order valence-corrected chi connectivity index (χ2v) is 9.79. The Hall–Kier alpha value is -3.08. The number of hydrogen-bond acceptors (Lipinski definition) is 4. The molecule has 2 heterocycles. The lowest BCUT2D eigenvalue weighted by Crippen LogP contribution is -2.38. The minimum atomic E-state index is -0.252. The van der Waals surface area contributed by atoms with E-state index in [-0.39, 0.29) is 11.8 Å². The first kappa shape index (κ1) is 23.1. The van der Waals surface area contributed by atoms with Gasteiger partial charge in [0, 0.05) is 13.1 Å². The lowest BCUT2D eigenvalue weighted by Gasteiger charge is -2.32. The Morgan fingerprint density at radius 3 is 2.27 bits per heavy atom. The zero-order valence-electron chi connectivity index (χ0n) is 20.4. The van der Waals surface area contributed by atoms with Gasteiger partial charge in [-0.05, 0) is 73.4 Å². The predicted octanol–water partition coefficient (Wildman–Crippen LogP) is 5.35. The quantitative estimate of drug-likeness (QED) is 0.561. The summed E-state index contributed by atoms with van der Waals surface area (Å²) < 4.78 is 5.82. The number of benzene rings is 2. The number of anilines is 1. The van der Waals surface area contributed by atoms with Crippen LogP contribution in [-0.2, 0) is 9.59 Å². The Balaban J connectivity index is 1.75. The molecular formula is C28H34N2O3. The van der Waals surface area contributed by atoms with Gasteiger partial charge in [-0.25, -0.2) is 4.90 Å². The van der Waals surface area contributed by atoms with Gasteiger partial charge in [0.2, 0.25) is 0 Å². The number of amides is 2. The number of carbonyl (C=O) groups excluding carboxylic acids is 2. The Labute approximate surface area is 197 Å². The van der Waals surface area contributed by atoms with Gasteiger partial charge in [-0.2, -0.15) is 0 Å². The zero-order chi connectivity index (χ0) is 23.7. The number of hydrogen-bond donors (Lipinski definition) is 0. The van der Waals surface area contributed by atoms with Crippen molar-refractivity contribution in [3.05, 3.63) is 64.9 Å². The monoisotopic (exact) mass is 446 g/mol. The Kier molecular flexibility index (Phi) is 6.59. The highest BCUT2D eigenvalue weighted by Crippen LogP contribution is 2.38. The van der Waals surface area contributed by atoms with Crippen LogP contribution in [0.15, 0.2) is 48.2 Å². The summed E-state index contributed by atoms with van der Waals surface area (Å²) >= 11 is 0. The van der Waals surface area contributed by atoms with Crippen molar-refractivity contribution >= 4 is 23.1 Å². The molecule has 174 valence electrons. The summed E-state index contributed by atoms with van der Waals surface area (Å²) in [7, 11) is 0. The molecule has 0 N–H and O–H groups in total. The summed E-state index contributed by atoms with van der Waals surface area (Å²) in [6.45, 7) is 12.6. The third-order valence-corrected chi connectivity index (χ3v) is 6.70. The fraction of sp³-hybridized carbons (Fsp3) is 0.429. The molecule has 0 atom stereocenters. The first-order valence-corrected chi connectivity index (χ1v) is 12.0. The van der Waals surface area contributed by atoms with E-state index in [2.05, 4.69) is 25.7 Å². The Morgan fingerprint density at radius 1 is 0.970 bits per heavy atom. The first-order valence-electron chi connectivity index (χ1n) is 12.0. The summed E-state index contributed by atoms with van der Waals surface area (Å²) in [5, 5.41) is 0. The molecule has 1 fully saturated rings. The van der Waals surface area contributed by atoms with Crippen LogP contribution in [0, 0.1) is 25.7 Å². The third kappa shape index (κ3) is 4.54. The van der Waals surface area contributed by atoms with Crippen molar-refractivity contribution in [3.8, 4) is 5.75 Å². The highest BCUT2D eigenvalue weighted by Gasteiger charge is 2.43. The van der Waals surface area contributed by atoms with E-state index < -0.39 is 0 Å². The molecule has 0 saturated carbocycles. The van der Waals surface area contributed by atoms with Gasteiger partial charge in [0.1, 0.15) is 11.4 Å². The third-order valence-electron chi connectivity index (χ3n) is 6.70. The number of nitrogens with zero attached hydrogens (tertiary/aromatic N) is 2. The van der Waals surface area contributed by atoms with Crippen molar-refractivity contribution < 1.29 is 14.3 Å². The van der Waals surface area contributed by atoms with Crippen LogP contribution < -0.4 is 9.64 Å². The minimum Gasteiger partial charge on any atom is -0.493 e. The first-order chi connectivity index (χ1) is 15.8. The summed E-state index contributed by atoms with van der Waals surface area (Å²) in [5.74, 6) is 1.35. The maximum atomic E-state index is 13.8. The lowest BCUT2D eigenvalue weighted by atomic mass is 9.97. The van der Waals surface area contributed by atoms with Crippen molar-refractivity contribution in [2.24, 2.45) is 11.8 Å². The summed E-state index contributed by atoms with van der Waals surface area (Å²) in [6, 6.07) is 13.3. The van der Waals surface area contributed by atoms with Gasteiger partial charge in [0.05, 0.1) is 17.9 Å². The van der Waals surface area contributed by atoms with Crippen LogP contribution >= 0.6 is 0 Å². The highest BCUT2D eigenvalue weighted by molar-refractivity contribution is 6.45. The molecule has 2 aliphatic heterocycles. The molecule has 0 aromatic heterocycles. The minimum absolute atomic E-state index is 0.224. The van der Waals surface area contributed by atoms with E-state index in [4.69, 9.17) is 4.74 Å². The topological polar surface area (TPSA) is 49.9 Å². The van der Waals surface area contributed by atoms with Gasteiger partial charge in [-0.15, -0.1) is 0 Å². The van der Waals surface area contributed by atoms with Crippen molar-refractivity contribution in [2.75, 3.05) is 24.6 Å². The standard InChI is InChI=1S/C28H34N2O3/c1-18(2)17-33-23-11-9-22(10-12-23)25-26(29-15-13-19(3)14-16-29)28(32)30(27(25)31)24-8-6-7-20(4)21(24)5/h6-12,18-19H,13-17H2,1-5H3. The molecule has 2 aliphatic rings. The second-order valence-electron chi connectivity index (χ2n) is 9.79. The molecule has 1 saturated heterocycles. The van der Waals surface area contributed by atoms with Crippen LogP contribution in [-0.4, -0.2) is 36.4 Å². The predicted molar refractivity (Wildman–Crippen MR) is 132 cm³/mol. The van der Waals surface area contributed by atoms with Crippen molar-refractivity contribution in [3.63, 3.8) is 0 Å². The van der Waals surface area contributed by atoms with Gasteiger partial charge in [0.25, 0.3) is 11.8 Å². The molecule has 0 bridgehead atoms. The van der Waals surface area contributed by atoms with E-state index in [9.17, 15) is 9.59 Å². The average molecular weight is 447 g/mol. The molecule has 2 amide bonds. The Morgan fingerprint density at radius 2 is 1.64 bits per heavy atom. The van der Waals surface area contributed by atoms with Gasteiger partial charge in [-0.1, -0.05) is 45.0 Å². The largest absolute Gasteiger partial charge is 0.493 e.